The molecule has 19 amide bonds. The quantitative estimate of drug-likeness (QED) is 0.0111. The molecule has 0 bridgehead atoms. The van der Waals surface area contributed by atoms with Gasteiger partial charge in [0.15, 0.2) is 5.96 Å². The van der Waals surface area contributed by atoms with Crippen LogP contribution in [-0.4, -0.2) is 367 Å². The summed E-state index contributed by atoms with van der Waals surface area (Å²) in [7, 11) is 0. The summed E-state index contributed by atoms with van der Waals surface area (Å²) >= 11 is 2.48. The fourth-order valence-electron chi connectivity index (χ4n) is 15.2. The number of aromatic amines is 1. The van der Waals surface area contributed by atoms with E-state index in [1.165, 1.54) is 51.2 Å². The van der Waals surface area contributed by atoms with Gasteiger partial charge < -0.3 is 158 Å². The first-order valence-corrected chi connectivity index (χ1v) is 51.1. The summed E-state index contributed by atoms with van der Waals surface area (Å²) in [6.45, 7) is 5.23. The fourth-order valence-corrected chi connectivity index (χ4v) is 16.1. The Hall–Kier alpha value is -14.2. The lowest BCUT2D eigenvalue weighted by Gasteiger charge is -2.32. The number of aliphatic hydroxyl groups excluding tert-OH is 5. The molecular formula is C95H142N24O28S2. The van der Waals surface area contributed by atoms with E-state index in [1.807, 2.05) is 0 Å². The molecular weight excluding hydrogens is 1990 g/mol. The summed E-state index contributed by atoms with van der Waals surface area (Å²) < 4.78 is 0. The first-order valence-electron chi connectivity index (χ1n) is 48.3. The SMILES string of the molecule is CC[C@H](C)[C@H](NC(=O)[C@H](CCCNC(=N)N)NC(=O)[C@H](CO)NC(=O)[C@H](CCSC)NC(=O)CNC(=O)[C@H](Cc1ccccc1)NC(=O)[C@H](Cc1ccccc1)NC(=O)[C@H](C)NC(=O)[C@H](CO)NC(=O)[C@H](C)N)C(=O)NCC(=O)N[C@@H](CCSC)C(=O)N[C@@H](CCC(=O)O)C(=O)N[C@H](C(=O)N[C@H](C(=O)N1CCC[C@H]1C(=O)N[C@@H](CO)C(=O)NCC(=O)N[C@H](C(=O)N[C@@H](Cc1c[nH]c2ccccc12)C(=O)O)[C@@H](C)O)[C@@H](C)O)C(C)C. The van der Waals surface area contributed by atoms with Crippen molar-refractivity contribution in [3.63, 3.8) is 0 Å². The number of aromatic nitrogens is 1. The Morgan fingerprint density at radius 1 is 0.436 bits per heavy atom. The topological polar surface area (TPSA) is 824 Å². The van der Waals surface area contributed by atoms with Gasteiger partial charge in [-0.25, -0.2) is 4.79 Å². The normalized spacial score (nSPS) is 16.0. The Kier molecular flexibility index (Phi) is 53.9. The Bertz CT molecular complexity index is 5240. The number of nitrogens with one attached hydrogen (secondary N) is 21. The van der Waals surface area contributed by atoms with E-state index in [0.29, 0.717) is 27.6 Å². The number of carbonyl (C=O) groups excluding carboxylic acids is 19. The largest absolute Gasteiger partial charge is 0.481 e. The van der Waals surface area contributed by atoms with E-state index in [0.717, 1.165) is 18.7 Å². The van der Waals surface area contributed by atoms with Crippen molar-refractivity contribution in [3.05, 3.63) is 108 Å². The van der Waals surface area contributed by atoms with Crippen LogP contribution in [0.3, 0.4) is 0 Å². The smallest absolute Gasteiger partial charge is 0.326 e. The zero-order chi connectivity index (χ0) is 111. The van der Waals surface area contributed by atoms with Crippen LogP contribution in [0.25, 0.3) is 10.9 Å². The Balaban J connectivity index is 1.22. The molecule has 0 saturated carbocycles. The fraction of sp³-hybridized carbons (Fsp3) is 0.558. The first kappa shape index (κ1) is 125. The van der Waals surface area contributed by atoms with E-state index in [9.17, 15) is 136 Å². The van der Waals surface area contributed by atoms with Crippen molar-refractivity contribution >= 4 is 165 Å². The Morgan fingerprint density at radius 2 is 0.852 bits per heavy atom. The zero-order valence-electron chi connectivity index (χ0n) is 84.5. The van der Waals surface area contributed by atoms with Crippen LogP contribution in [0.1, 0.15) is 130 Å². The maximum Gasteiger partial charge on any atom is 0.326 e. The van der Waals surface area contributed by atoms with Gasteiger partial charge >= 0.3 is 11.9 Å². The van der Waals surface area contributed by atoms with Gasteiger partial charge in [0.2, 0.25) is 112 Å². The number of guanidine groups is 1. The number of para-hydroxylation sites is 1. The van der Waals surface area contributed by atoms with Crippen LogP contribution in [0.15, 0.2) is 91.1 Å². The van der Waals surface area contributed by atoms with Gasteiger partial charge in [-0.1, -0.05) is 113 Å². The average Bonchev–Trinajstić information content (AvgIpc) is 1.69. The number of hydrogen-bond acceptors (Lipinski definition) is 30. The number of nitrogens with zero attached hydrogens (tertiary/aromatic N) is 1. The number of nitrogens with two attached hydrogens (primary N) is 2. The highest BCUT2D eigenvalue weighted by molar-refractivity contribution is 7.98. The third kappa shape index (κ3) is 42.2. The molecule has 822 valence electrons. The van der Waals surface area contributed by atoms with Crippen LogP contribution < -0.4 is 112 Å². The maximum atomic E-state index is 14.5. The molecule has 2 heterocycles. The molecule has 0 unspecified atom stereocenters. The summed E-state index contributed by atoms with van der Waals surface area (Å²) in [6.07, 6.45) is -0.474. The van der Waals surface area contributed by atoms with E-state index >= 15 is 0 Å². The molecule has 4 aromatic rings. The average molecular weight is 2130 g/mol. The standard InChI is InChI=1S/C95H142N24O28S2/c1-11-49(4)75(117-84(136)59(28-20-34-99-95(97)98)107-88(140)68(47-122)113-83(135)62(33-37-149-10)106-70(125)42-101-80(132)63(38-54-22-14-12-15-23-54)110-86(138)64(39-55-24-16-13-17-25-55)109-79(131)51(6)104-87(139)67(46-121)112-78(130)50(5)96)90(142)103-43-71(126)105-61(32-36-148-9)82(134)108-60(30-31-73(128)129)85(137)116-74(48(2)3)91(143)118-77(53(8)124)93(145)119-35-21-29-69(119)89(141)114-66(45-120)81(133)102-44-72(127)115-76(52(7)123)92(144)111-65(94(146)147)40-56-41-100-58-27-19-18-26-57(56)58/h12-19,22-27,41,48-53,59-69,74-77,100,120-124H,11,20-21,28-40,42-47,96H2,1-10H3,(H,101,132)(H,102,133)(H,103,142)(H,104,139)(H,105,126)(H,106,125)(H,107,140)(H,108,134)(H,109,131)(H,110,138)(H,111,144)(H,112,130)(H,113,135)(H,114,141)(H,115,127)(H,116,137)(H,117,136)(H,118,143)(H,128,129)(H,146,147)(H4,97,98,99)/t49-,50-,51-,52+,53+,59-,60-,61-,62-,63-,64-,65-,66-,67-,68-,69-,74-,75-,76-,77-/m0/s1. The summed E-state index contributed by atoms with van der Waals surface area (Å²) in [5.41, 5.74) is 13.5. The second-order valence-electron chi connectivity index (χ2n) is 36.0. The van der Waals surface area contributed by atoms with Crippen LogP contribution in [0.2, 0.25) is 0 Å². The van der Waals surface area contributed by atoms with Crippen LogP contribution >= 0.6 is 23.5 Å². The molecule has 0 aliphatic carbocycles. The monoisotopic (exact) mass is 2130 g/mol. The van der Waals surface area contributed by atoms with Crippen molar-refractivity contribution < 1.29 is 136 Å². The molecule has 1 fully saturated rings. The van der Waals surface area contributed by atoms with Gasteiger partial charge in [-0.05, 0) is 131 Å². The summed E-state index contributed by atoms with van der Waals surface area (Å²) in [5, 5.41) is 127. The Morgan fingerprint density at radius 3 is 1.35 bits per heavy atom. The van der Waals surface area contributed by atoms with Crippen molar-refractivity contribution in [3.8, 4) is 0 Å². The minimum atomic E-state index is -1.85. The Labute approximate surface area is 868 Å². The first-order chi connectivity index (χ1) is 70.6. The highest BCUT2D eigenvalue weighted by Gasteiger charge is 2.44. The van der Waals surface area contributed by atoms with Crippen LogP contribution in [0, 0.1) is 17.2 Å². The van der Waals surface area contributed by atoms with E-state index in [-0.39, 0.29) is 88.8 Å². The molecule has 1 saturated heterocycles. The number of H-pyrrole nitrogens is 1. The van der Waals surface area contributed by atoms with Crippen LogP contribution in [-0.2, 0) is 120 Å². The molecule has 149 heavy (non-hydrogen) atoms. The number of aliphatic hydroxyl groups is 5. The molecule has 32 N–H and O–H groups in total. The summed E-state index contributed by atoms with van der Waals surface area (Å²) in [4.78, 5) is 293. The third-order valence-corrected chi connectivity index (χ3v) is 25.1. The molecule has 0 spiro atoms. The van der Waals surface area contributed by atoms with Gasteiger partial charge in [0.1, 0.15) is 96.7 Å². The number of fused-ring (bicyclic) bond motifs is 1. The van der Waals surface area contributed by atoms with Crippen molar-refractivity contribution in [2.45, 2.75) is 247 Å². The van der Waals surface area contributed by atoms with E-state index in [2.05, 4.69) is 106 Å². The third-order valence-electron chi connectivity index (χ3n) is 23.9. The zero-order valence-corrected chi connectivity index (χ0v) is 86.1. The molecule has 1 aromatic heterocycles. The van der Waals surface area contributed by atoms with Gasteiger partial charge in [0.05, 0.1) is 57.7 Å². The minimum Gasteiger partial charge on any atom is -0.481 e. The highest BCUT2D eigenvalue weighted by atomic mass is 32.2. The molecule has 1 aliphatic rings. The molecule has 20 atom stereocenters. The highest BCUT2D eigenvalue weighted by Crippen LogP contribution is 2.23. The lowest BCUT2D eigenvalue weighted by Crippen LogP contribution is -2.62. The molecule has 0 radical (unpaired) electrons. The number of amides is 19. The molecule has 3 aromatic carbocycles. The number of thioether (sulfide) groups is 2. The minimum absolute atomic E-state index is 0.00305. The van der Waals surface area contributed by atoms with Crippen molar-refractivity contribution in [1.82, 2.24) is 111 Å². The van der Waals surface area contributed by atoms with Gasteiger partial charge in [-0.15, -0.1) is 0 Å². The van der Waals surface area contributed by atoms with E-state index in [1.54, 1.807) is 117 Å². The van der Waals surface area contributed by atoms with E-state index in [4.69, 9.17) is 16.9 Å². The van der Waals surface area contributed by atoms with Gasteiger partial charge in [0, 0.05) is 55.9 Å². The lowest BCUT2D eigenvalue weighted by atomic mass is 9.97. The number of benzene rings is 3. The number of aliphatic carboxylic acids is 2. The second kappa shape index (κ2) is 64.1. The number of carboxylic acid groups (broad SMARTS) is 2. The van der Waals surface area contributed by atoms with Crippen LogP contribution in [0.5, 0.6) is 0 Å². The number of rotatable bonds is 65. The maximum absolute atomic E-state index is 14.5. The van der Waals surface area contributed by atoms with E-state index < -0.39 is 309 Å². The van der Waals surface area contributed by atoms with Crippen molar-refractivity contribution in [2.75, 3.05) is 76.6 Å². The number of likely N-dealkylation sites (tertiary alicyclic amines) is 1. The van der Waals surface area contributed by atoms with Crippen molar-refractivity contribution in [1.29, 1.82) is 5.41 Å². The van der Waals surface area contributed by atoms with Gasteiger partial charge in [-0.3, -0.25) is 101 Å². The van der Waals surface area contributed by atoms with Gasteiger partial charge in [-0.2, -0.15) is 23.5 Å². The summed E-state index contributed by atoms with van der Waals surface area (Å²) in [5.74, 6) is -23.7. The number of carbonyl (C=O) groups is 21. The van der Waals surface area contributed by atoms with Gasteiger partial charge in [0.25, 0.3) is 0 Å². The molecule has 5 rings (SSSR count). The molecule has 1 aliphatic heterocycles. The number of hydrogen-bond donors (Lipinski definition) is 30. The van der Waals surface area contributed by atoms with Crippen LogP contribution in [0.4, 0.5) is 0 Å². The van der Waals surface area contributed by atoms with Crippen molar-refractivity contribution in [2.24, 2.45) is 23.3 Å². The lowest BCUT2D eigenvalue weighted by molar-refractivity contribution is -0.145. The molecule has 54 heteroatoms. The number of carboxylic acids is 2. The predicted octanol–water partition coefficient (Wildman–Crippen LogP) is -8.67. The second-order valence-corrected chi connectivity index (χ2v) is 38.0. The summed E-state index contributed by atoms with van der Waals surface area (Å²) in [6, 6.07) is -2.62. The predicted molar refractivity (Wildman–Crippen MR) is 543 cm³/mol. The molecule has 52 nitrogen and oxygen atoms in total.